The molecular weight excluding hydrogens is 497 g/mol. The van der Waals surface area contributed by atoms with Crippen molar-refractivity contribution in [1.82, 2.24) is 4.72 Å². The number of sulfone groups is 1. The molecule has 1 saturated heterocycles. The second kappa shape index (κ2) is 9.40. The van der Waals surface area contributed by atoms with Crippen molar-refractivity contribution in [1.29, 1.82) is 0 Å². The molecule has 2 aromatic rings. The molecule has 4 nitrogen and oxygen atoms in total. The van der Waals surface area contributed by atoms with Crippen LogP contribution in [0.15, 0.2) is 47.4 Å². The predicted molar refractivity (Wildman–Crippen MR) is 119 cm³/mol. The molecule has 2 N–H and O–H groups in total. The van der Waals surface area contributed by atoms with Crippen LogP contribution < -0.4 is 4.72 Å². The van der Waals surface area contributed by atoms with E-state index in [1.54, 1.807) is 0 Å². The van der Waals surface area contributed by atoms with Crippen LogP contribution in [-0.4, -0.2) is 31.4 Å². The molecule has 1 aliphatic heterocycles. The van der Waals surface area contributed by atoms with E-state index in [1.807, 2.05) is 0 Å². The Hall–Kier alpha value is -1.69. The van der Waals surface area contributed by atoms with Gasteiger partial charge >= 0.3 is 6.18 Å². The minimum Gasteiger partial charge on any atom is -0.396 e. The van der Waals surface area contributed by atoms with E-state index >= 15 is 4.39 Å². The summed E-state index contributed by atoms with van der Waals surface area (Å²) in [5.74, 6) is -1.88. The van der Waals surface area contributed by atoms with Crippen molar-refractivity contribution >= 4 is 21.8 Å². The monoisotopic (exact) mass is 521 g/mol. The number of halogens is 5. The van der Waals surface area contributed by atoms with Crippen LogP contribution in [0.25, 0.3) is 0 Å². The van der Waals surface area contributed by atoms with Crippen LogP contribution in [-0.2, 0) is 20.8 Å². The highest BCUT2D eigenvalue weighted by Gasteiger charge is 2.54. The van der Waals surface area contributed by atoms with Gasteiger partial charge in [0, 0.05) is 23.5 Å². The van der Waals surface area contributed by atoms with Crippen molar-refractivity contribution in [2.24, 2.45) is 5.92 Å². The van der Waals surface area contributed by atoms with Gasteiger partial charge in [0.15, 0.2) is 9.84 Å². The lowest BCUT2D eigenvalue weighted by atomic mass is 9.72. The molecule has 0 bridgehead atoms. The molecule has 0 unspecified atom stereocenters. The maximum absolute atomic E-state index is 15.1. The van der Waals surface area contributed by atoms with Crippen molar-refractivity contribution < 1.29 is 35.5 Å². The van der Waals surface area contributed by atoms with E-state index in [0.29, 0.717) is 31.4 Å². The molecule has 1 saturated carbocycles. The largest absolute Gasteiger partial charge is 0.416 e. The fourth-order valence-corrected chi connectivity index (χ4v) is 8.57. The van der Waals surface area contributed by atoms with Crippen molar-refractivity contribution in [3.05, 3.63) is 65.2 Å². The number of fused-ring (bicyclic) bond motifs is 1. The SMILES string of the molecule is O=S(=O)(c1ccc(C(F)(F)F)cc1)[C@]1(c2cc(F)ccc2F)CC[C@@H]2NS[C@@H](CCO)C[C@@H]2C1. The van der Waals surface area contributed by atoms with Gasteiger partial charge in [0.1, 0.15) is 16.4 Å². The molecule has 0 amide bonds. The first-order chi connectivity index (χ1) is 16.0. The minimum atomic E-state index is -4.64. The summed E-state index contributed by atoms with van der Waals surface area (Å²) in [4.78, 5) is -0.368. The molecule has 2 fully saturated rings. The van der Waals surface area contributed by atoms with Gasteiger partial charge in [0.25, 0.3) is 0 Å². The average Bonchev–Trinajstić information content (AvgIpc) is 2.79. The maximum Gasteiger partial charge on any atom is 0.416 e. The summed E-state index contributed by atoms with van der Waals surface area (Å²) in [6, 6.07) is 5.75. The molecule has 186 valence electrons. The van der Waals surface area contributed by atoms with Gasteiger partial charge in [-0.3, -0.25) is 4.72 Å². The number of aliphatic hydroxyl groups is 1. The summed E-state index contributed by atoms with van der Waals surface area (Å²) in [5, 5.41) is 9.33. The van der Waals surface area contributed by atoms with Gasteiger partial charge < -0.3 is 5.11 Å². The molecular formula is C23H24F5NO3S2. The second-order valence-electron chi connectivity index (χ2n) is 8.86. The van der Waals surface area contributed by atoms with Crippen LogP contribution in [0.4, 0.5) is 22.0 Å². The number of rotatable bonds is 5. The fraction of sp³-hybridized carbons (Fsp3) is 0.478. The zero-order valence-corrected chi connectivity index (χ0v) is 19.6. The molecule has 11 heteroatoms. The van der Waals surface area contributed by atoms with Crippen LogP contribution in [0.3, 0.4) is 0 Å². The standard InChI is InChI=1S/C23H24F5NO3S2/c24-16-3-6-20(25)19(12-16)22(9-7-21-14(13-22)11-17(8-10-30)33-29-21)34(31,32)18-4-1-15(2-5-18)23(26,27)28/h1-6,12,14,17,21,29-30H,7-11,13H2/t14-,17+,21+,22-/m1/s1. The Labute approximate surface area is 199 Å². The highest BCUT2D eigenvalue weighted by molar-refractivity contribution is 7.98. The predicted octanol–water partition coefficient (Wildman–Crippen LogP) is 5.21. The van der Waals surface area contributed by atoms with Gasteiger partial charge in [0.2, 0.25) is 0 Å². The summed E-state index contributed by atoms with van der Waals surface area (Å²) in [7, 11) is -4.42. The van der Waals surface area contributed by atoms with E-state index in [0.717, 1.165) is 30.3 Å². The van der Waals surface area contributed by atoms with Crippen molar-refractivity contribution in [2.75, 3.05) is 6.61 Å². The first-order valence-corrected chi connectivity index (χ1v) is 13.2. The summed E-state index contributed by atoms with van der Waals surface area (Å²) in [5.41, 5.74) is -1.30. The Bertz CT molecular complexity index is 1140. The fourth-order valence-electron chi connectivity index (χ4n) is 5.11. The number of hydrogen-bond acceptors (Lipinski definition) is 5. The lowest BCUT2D eigenvalue weighted by molar-refractivity contribution is -0.137. The average molecular weight is 522 g/mol. The highest BCUT2D eigenvalue weighted by Crippen LogP contribution is 2.52. The van der Waals surface area contributed by atoms with E-state index in [-0.39, 0.29) is 47.1 Å². The Morgan fingerprint density at radius 1 is 1.12 bits per heavy atom. The first-order valence-electron chi connectivity index (χ1n) is 10.9. The molecule has 0 aromatic heterocycles. The third-order valence-electron chi connectivity index (χ3n) is 6.85. The third kappa shape index (κ3) is 4.59. The third-order valence-corrected chi connectivity index (χ3v) is 10.6. The van der Waals surface area contributed by atoms with Crippen LogP contribution in [0.2, 0.25) is 0 Å². The van der Waals surface area contributed by atoms with Crippen LogP contribution in [0, 0.1) is 17.6 Å². The molecule has 0 spiro atoms. The summed E-state index contributed by atoms with van der Waals surface area (Å²) >= 11 is 1.48. The molecule has 4 rings (SSSR count). The van der Waals surface area contributed by atoms with Gasteiger partial charge in [-0.15, -0.1) is 0 Å². The lowest BCUT2D eigenvalue weighted by Crippen LogP contribution is -2.51. The van der Waals surface area contributed by atoms with E-state index in [9.17, 15) is 31.1 Å². The van der Waals surface area contributed by atoms with Crippen LogP contribution in [0.1, 0.15) is 43.2 Å². The number of benzene rings is 2. The second-order valence-corrected chi connectivity index (χ2v) is 12.3. The number of aliphatic hydroxyl groups excluding tert-OH is 1. The Kier molecular flexibility index (Phi) is 7.03. The van der Waals surface area contributed by atoms with E-state index in [2.05, 4.69) is 4.72 Å². The van der Waals surface area contributed by atoms with Gasteiger partial charge in [-0.05, 0) is 80.5 Å². The van der Waals surface area contributed by atoms with Gasteiger partial charge in [-0.2, -0.15) is 13.2 Å². The van der Waals surface area contributed by atoms with Crippen molar-refractivity contribution in [3.63, 3.8) is 0 Å². The summed E-state index contributed by atoms with van der Waals surface area (Å²) in [6.07, 6.45) is -3.25. The maximum atomic E-state index is 15.1. The summed E-state index contributed by atoms with van der Waals surface area (Å²) in [6.45, 7) is -0.0374. The van der Waals surface area contributed by atoms with E-state index in [4.69, 9.17) is 0 Å². The normalized spacial score (nSPS) is 27.9. The number of alkyl halides is 3. The molecule has 1 heterocycles. The molecule has 4 atom stereocenters. The van der Waals surface area contributed by atoms with Gasteiger partial charge in [0.05, 0.1) is 10.5 Å². The Morgan fingerprint density at radius 2 is 1.82 bits per heavy atom. The lowest BCUT2D eigenvalue weighted by Gasteiger charge is -2.47. The minimum absolute atomic E-state index is 0.0170. The van der Waals surface area contributed by atoms with Crippen molar-refractivity contribution in [3.8, 4) is 0 Å². The van der Waals surface area contributed by atoms with Crippen LogP contribution in [0.5, 0.6) is 0 Å². The smallest absolute Gasteiger partial charge is 0.396 e. The zero-order chi connectivity index (χ0) is 24.7. The molecule has 2 aliphatic rings. The molecule has 0 radical (unpaired) electrons. The quantitative estimate of drug-likeness (QED) is 0.418. The van der Waals surface area contributed by atoms with Crippen LogP contribution >= 0.6 is 11.9 Å². The first kappa shape index (κ1) is 25.4. The van der Waals surface area contributed by atoms with Gasteiger partial charge in [-0.25, -0.2) is 17.2 Å². The zero-order valence-electron chi connectivity index (χ0n) is 18.0. The number of nitrogens with one attached hydrogen (secondary N) is 1. The van der Waals surface area contributed by atoms with Gasteiger partial charge in [-0.1, -0.05) is 11.9 Å². The molecule has 34 heavy (non-hydrogen) atoms. The molecule has 2 aromatic carbocycles. The Morgan fingerprint density at radius 3 is 2.47 bits per heavy atom. The topological polar surface area (TPSA) is 66.4 Å². The summed E-state index contributed by atoms with van der Waals surface area (Å²) < 4.78 is 97.8. The number of hydrogen-bond donors (Lipinski definition) is 2. The van der Waals surface area contributed by atoms with E-state index in [1.165, 1.54) is 11.9 Å². The molecule has 1 aliphatic carbocycles. The Balaban J connectivity index is 1.81. The van der Waals surface area contributed by atoms with E-state index < -0.39 is 38.0 Å². The van der Waals surface area contributed by atoms with Crippen molar-refractivity contribution in [2.45, 2.75) is 59.2 Å². The highest BCUT2D eigenvalue weighted by atomic mass is 32.2.